The van der Waals surface area contributed by atoms with Crippen LogP contribution in [0.25, 0.3) is 0 Å². The Balaban J connectivity index is 1.41. The zero-order chi connectivity index (χ0) is 20.7. The maximum Gasteiger partial charge on any atom is 0.119 e. The molecular formula is C25H36N2O2. The highest BCUT2D eigenvalue weighted by Gasteiger charge is 2.32. The molecule has 1 saturated heterocycles. The lowest BCUT2D eigenvalue weighted by atomic mass is 9.88. The van der Waals surface area contributed by atoms with Gasteiger partial charge in [0.2, 0.25) is 0 Å². The molecule has 2 aromatic rings. The first kappa shape index (κ1) is 21.7. The predicted molar refractivity (Wildman–Crippen MR) is 121 cm³/mol. The molecule has 2 aromatic carbocycles. The molecule has 1 aliphatic heterocycles. The average molecular weight is 397 g/mol. The number of nitrogens with zero attached hydrogens (tertiary/aromatic N) is 2. The summed E-state index contributed by atoms with van der Waals surface area (Å²) in [6, 6.07) is 18.9. The van der Waals surface area contributed by atoms with E-state index >= 15 is 0 Å². The Morgan fingerprint density at radius 1 is 1.03 bits per heavy atom. The van der Waals surface area contributed by atoms with Crippen molar-refractivity contribution in [2.75, 3.05) is 38.1 Å². The van der Waals surface area contributed by atoms with E-state index in [1.54, 1.807) is 0 Å². The van der Waals surface area contributed by atoms with Gasteiger partial charge in [-0.05, 0) is 69.4 Å². The highest BCUT2D eigenvalue weighted by Crippen LogP contribution is 2.27. The Hall–Kier alpha value is -2.04. The molecule has 3 rings (SSSR count). The van der Waals surface area contributed by atoms with Gasteiger partial charge in [-0.2, -0.15) is 0 Å². The Kier molecular flexibility index (Phi) is 7.57. The predicted octanol–water partition coefficient (Wildman–Crippen LogP) is 4.37. The number of likely N-dealkylation sites (tertiary alicyclic amines) is 1. The molecule has 0 aromatic heterocycles. The van der Waals surface area contributed by atoms with E-state index in [0.717, 1.165) is 63.3 Å². The second kappa shape index (κ2) is 10.1. The third-order valence-corrected chi connectivity index (χ3v) is 5.91. The minimum absolute atomic E-state index is 0.186. The lowest BCUT2D eigenvalue weighted by Gasteiger charge is -2.39. The fourth-order valence-corrected chi connectivity index (χ4v) is 3.93. The van der Waals surface area contributed by atoms with Gasteiger partial charge in [-0.1, -0.05) is 30.3 Å². The minimum Gasteiger partial charge on any atom is -0.491 e. The summed E-state index contributed by atoms with van der Waals surface area (Å²) < 4.78 is 5.72. The van der Waals surface area contributed by atoms with E-state index in [1.807, 2.05) is 26.0 Å². The normalized spacial score (nSPS) is 16.7. The maximum atomic E-state index is 11.0. The lowest BCUT2D eigenvalue weighted by molar-refractivity contribution is -0.0254. The zero-order valence-electron chi connectivity index (χ0n) is 18.2. The minimum atomic E-state index is -0.543. The number of aliphatic hydroxyl groups is 1. The van der Waals surface area contributed by atoms with Crippen LogP contribution in [0.5, 0.6) is 5.75 Å². The Labute approximate surface area is 176 Å². The average Bonchev–Trinajstić information content (AvgIpc) is 2.73. The van der Waals surface area contributed by atoms with Crippen molar-refractivity contribution in [2.45, 2.75) is 51.2 Å². The van der Waals surface area contributed by atoms with Crippen LogP contribution in [0.15, 0.2) is 54.6 Å². The van der Waals surface area contributed by atoms with Crippen molar-refractivity contribution in [2.24, 2.45) is 0 Å². The van der Waals surface area contributed by atoms with Crippen molar-refractivity contribution in [3.63, 3.8) is 0 Å². The van der Waals surface area contributed by atoms with Crippen LogP contribution in [0.4, 0.5) is 5.69 Å². The van der Waals surface area contributed by atoms with Crippen LogP contribution >= 0.6 is 0 Å². The molecule has 0 amide bonds. The Morgan fingerprint density at radius 2 is 1.69 bits per heavy atom. The monoisotopic (exact) mass is 396 g/mol. The second-order valence-electron chi connectivity index (χ2n) is 8.63. The van der Waals surface area contributed by atoms with Crippen molar-refractivity contribution >= 4 is 5.69 Å². The topological polar surface area (TPSA) is 35.9 Å². The third-order valence-electron chi connectivity index (χ3n) is 5.91. The SMILES string of the molecule is CC(C)Oc1ccc(N(C)CCC2(O)CCN(CCc3ccccc3)CC2)cc1. The van der Waals surface area contributed by atoms with E-state index in [-0.39, 0.29) is 6.10 Å². The summed E-state index contributed by atoms with van der Waals surface area (Å²) in [4.78, 5) is 4.71. The van der Waals surface area contributed by atoms with Crippen LogP contribution < -0.4 is 9.64 Å². The van der Waals surface area contributed by atoms with Gasteiger partial charge in [-0.15, -0.1) is 0 Å². The van der Waals surface area contributed by atoms with Crippen LogP contribution in [0, 0.1) is 0 Å². The maximum absolute atomic E-state index is 11.0. The van der Waals surface area contributed by atoms with Gasteiger partial charge in [-0.3, -0.25) is 0 Å². The summed E-state index contributed by atoms with van der Waals surface area (Å²) in [5.74, 6) is 0.902. The molecule has 1 N–H and O–H groups in total. The fraction of sp³-hybridized carbons (Fsp3) is 0.520. The molecule has 0 radical (unpaired) electrons. The van der Waals surface area contributed by atoms with Gasteiger partial charge in [0.1, 0.15) is 5.75 Å². The van der Waals surface area contributed by atoms with Gasteiger partial charge >= 0.3 is 0 Å². The molecule has 4 heteroatoms. The number of hydrogen-bond donors (Lipinski definition) is 1. The number of piperidine rings is 1. The summed E-state index contributed by atoms with van der Waals surface area (Å²) in [7, 11) is 2.09. The van der Waals surface area contributed by atoms with Crippen LogP contribution in [0.3, 0.4) is 0 Å². The van der Waals surface area contributed by atoms with E-state index in [1.165, 1.54) is 5.56 Å². The van der Waals surface area contributed by atoms with Crippen molar-refractivity contribution in [3.05, 3.63) is 60.2 Å². The van der Waals surface area contributed by atoms with E-state index in [2.05, 4.69) is 59.3 Å². The molecule has 1 heterocycles. The standard InChI is InChI=1S/C25H36N2O2/c1-21(2)29-24-11-9-23(10-12-24)26(3)18-14-25(28)15-19-27(20-16-25)17-13-22-7-5-4-6-8-22/h4-12,21,28H,13-20H2,1-3H3. The first-order valence-electron chi connectivity index (χ1n) is 10.9. The molecule has 29 heavy (non-hydrogen) atoms. The summed E-state index contributed by atoms with van der Waals surface area (Å²) in [5, 5.41) is 11.0. The number of benzene rings is 2. The molecule has 0 bridgehead atoms. The first-order chi connectivity index (χ1) is 13.9. The first-order valence-corrected chi connectivity index (χ1v) is 10.9. The van der Waals surface area contributed by atoms with E-state index in [9.17, 15) is 5.11 Å². The summed E-state index contributed by atoms with van der Waals surface area (Å²) in [6.07, 6.45) is 3.79. The molecule has 0 unspecified atom stereocenters. The summed E-state index contributed by atoms with van der Waals surface area (Å²) >= 11 is 0. The second-order valence-corrected chi connectivity index (χ2v) is 8.63. The van der Waals surface area contributed by atoms with Gasteiger partial charge in [0, 0.05) is 38.9 Å². The quantitative estimate of drug-likeness (QED) is 0.683. The Morgan fingerprint density at radius 3 is 2.31 bits per heavy atom. The van der Waals surface area contributed by atoms with E-state index < -0.39 is 5.60 Å². The molecule has 1 aliphatic rings. The largest absolute Gasteiger partial charge is 0.491 e. The van der Waals surface area contributed by atoms with Crippen LogP contribution in [-0.2, 0) is 6.42 Å². The fourth-order valence-electron chi connectivity index (χ4n) is 3.93. The van der Waals surface area contributed by atoms with Crippen molar-refractivity contribution < 1.29 is 9.84 Å². The molecule has 158 valence electrons. The van der Waals surface area contributed by atoms with Crippen molar-refractivity contribution in [1.82, 2.24) is 4.90 Å². The van der Waals surface area contributed by atoms with Crippen molar-refractivity contribution in [1.29, 1.82) is 0 Å². The summed E-state index contributed by atoms with van der Waals surface area (Å²) in [5.41, 5.74) is 2.00. The third kappa shape index (κ3) is 6.76. The molecule has 0 saturated carbocycles. The zero-order valence-corrected chi connectivity index (χ0v) is 18.2. The van der Waals surface area contributed by atoms with Crippen LogP contribution in [-0.4, -0.2) is 54.9 Å². The highest BCUT2D eigenvalue weighted by atomic mass is 16.5. The van der Waals surface area contributed by atoms with Gasteiger partial charge < -0.3 is 19.6 Å². The number of anilines is 1. The van der Waals surface area contributed by atoms with E-state index in [4.69, 9.17) is 4.74 Å². The van der Waals surface area contributed by atoms with Crippen molar-refractivity contribution in [3.8, 4) is 5.75 Å². The number of rotatable bonds is 9. The smallest absolute Gasteiger partial charge is 0.119 e. The van der Waals surface area contributed by atoms with Gasteiger partial charge in [0.15, 0.2) is 0 Å². The lowest BCUT2D eigenvalue weighted by Crippen LogP contribution is -2.46. The molecule has 0 atom stereocenters. The van der Waals surface area contributed by atoms with E-state index in [0.29, 0.717) is 0 Å². The summed E-state index contributed by atoms with van der Waals surface area (Å²) in [6.45, 7) is 7.96. The number of hydrogen-bond acceptors (Lipinski definition) is 4. The van der Waals surface area contributed by atoms with Crippen LogP contribution in [0.2, 0.25) is 0 Å². The van der Waals surface area contributed by atoms with Gasteiger partial charge in [-0.25, -0.2) is 0 Å². The molecule has 0 aliphatic carbocycles. The highest BCUT2D eigenvalue weighted by molar-refractivity contribution is 5.48. The van der Waals surface area contributed by atoms with Gasteiger partial charge in [0.05, 0.1) is 11.7 Å². The van der Waals surface area contributed by atoms with Crippen LogP contribution in [0.1, 0.15) is 38.7 Å². The Bertz CT molecular complexity index is 722. The molecular weight excluding hydrogens is 360 g/mol. The molecule has 0 spiro atoms. The molecule has 1 fully saturated rings. The van der Waals surface area contributed by atoms with Gasteiger partial charge in [0.25, 0.3) is 0 Å². The number of ether oxygens (including phenoxy) is 1. The molecule has 4 nitrogen and oxygen atoms in total.